The second-order valence-corrected chi connectivity index (χ2v) is 4.14. The van der Waals surface area contributed by atoms with E-state index in [0.717, 1.165) is 0 Å². The fourth-order valence-corrected chi connectivity index (χ4v) is 1.01. The molecule has 9 heavy (non-hydrogen) atoms. The largest absolute Gasteiger partial charge is 0.285 e. The zero-order valence-corrected chi connectivity index (χ0v) is 7.25. The molecule has 0 N–H and O–H groups in total. The highest BCUT2D eigenvalue weighted by Gasteiger charge is 2.13. The Morgan fingerprint density at radius 3 is 2.00 bits per heavy atom. The van der Waals surface area contributed by atoms with Crippen molar-refractivity contribution in [2.75, 3.05) is 5.75 Å². The molecular formula is C6H14O2S. The molecule has 56 valence electrons. The minimum absolute atomic E-state index is 0.277. The maximum Gasteiger partial charge on any atom is 0.155 e. The lowest BCUT2D eigenvalue weighted by Crippen LogP contribution is -2.21. The molecule has 1 unspecified atom stereocenters. The third kappa shape index (κ3) is 5.99. The van der Waals surface area contributed by atoms with Gasteiger partial charge in [0.05, 0.1) is 5.60 Å². The van der Waals surface area contributed by atoms with E-state index in [4.69, 9.17) is 4.18 Å². The Balaban J connectivity index is 3.60. The monoisotopic (exact) mass is 150 g/mol. The van der Waals surface area contributed by atoms with Crippen LogP contribution in [-0.4, -0.2) is 15.6 Å². The molecule has 0 spiro atoms. The summed E-state index contributed by atoms with van der Waals surface area (Å²) in [4.78, 5) is 0. The van der Waals surface area contributed by atoms with Crippen molar-refractivity contribution in [3.05, 3.63) is 0 Å². The first-order valence-corrected chi connectivity index (χ1v) is 4.28. The molecule has 0 fully saturated rings. The van der Waals surface area contributed by atoms with E-state index in [-0.39, 0.29) is 5.60 Å². The van der Waals surface area contributed by atoms with Crippen LogP contribution in [0.5, 0.6) is 0 Å². The zero-order valence-electron chi connectivity index (χ0n) is 6.43. The van der Waals surface area contributed by atoms with Gasteiger partial charge in [0.15, 0.2) is 11.1 Å². The number of hydrogen-bond donors (Lipinski definition) is 0. The van der Waals surface area contributed by atoms with Crippen molar-refractivity contribution in [3.63, 3.8) is 0 Å². The Hall–Kier alpha value is 0.110. The molecule has 0 aromatic heterocycles. The Bertz CT molecular complexity index is 104. The highest BCUT2D eigenvalue weighted by molar-refractivity contribution is 7.80. The lowest BCUT2D eigenvalue weighted by molar-refractivity contribution is 0.152. The van der Waals surface area contributed by atoms with Gasteiger partial charge in [-0.05, 0) is 20.8 Å². The van der Waals surface area contributed by atoms with Crippen molar-refractivity contribution < 1.29 is 8.39 Å². The average molecular weight is 150 g/mol. The van der Waals surface area contributed by atoms with E-state index in [1.807, 2.05) is 27.7 Å². The van der Waals surface area contributed by atoms with Crippen molar-refractivity contribution in [2.24, 2.45) is 0 Å². The van der Waals surface area contributed by atoms with Crippen LogP contribution >= 0.6 is 0 Å². The van der Waals surface area contributed by atoms with Crippen molar-refractivity contribution in [2.45, 2.75) is 33.3 Å². The van der Waals surface area contributed by atoms with Gasteiger partial charge in [0.2, 0.25) is 0 Å². The SMILES string of the molecule is CCS(=O)OC(C)(C)C. The summed E-state index contributed by atoms with van der Waals surface area (Å²) < 4.78 is 15.8. The molecule has 1 atom stereocenters. The van der Waals surface area contributed by atoms with Crippen LogP contribution in [0, 0.1) is 0 Å². The predicted molar refractivity (Wildman–Crippen MR) is 39.5 cm³/mol. The Morgan fingerprint density at radius 1 is 1.44 bits per heavy atom. The van der Waals surface area contributed by atoms with Crippen molar-refractivity contribution in [3.8, 4) is 0 Å². The van der Waals surface area contributed by atoms with E-state index in [0.29, 0.717) is 5.75 Å². The molecule has 0 saturated carbocycles. The van der Waals surface area contributed by atoms with Gasteiger partial charge < -0.3 is 0 Å². The molecule has 0 aromatic rings. The van der Waals surface area contributed by atoms with Crippen molar-refractivity contribution >= 4 is 11.1 Å². The van der Waals surface area contributed by atoms with E-state index < -0.39 is 11.1 Å². The second-order valence-electron chi connectivity index (χ2n) is 2.79. The molecule has 0 bridgehead atoms. The molecule has 0 rings (SSSR count). The summed E-state index contributed by atoms with van der Waals surface area (Å²) in [6.07, 6.45) is 0. The summed E-state index contributed by atoms with van der Waals surface area (Å²) in [7, 11) is 0. The molecule has 0 aliphatic rings. The van der Waals surface area contributed by atoms with E-state index in [2.05, 4.69) is 0 Å². The maximum absolute atomic E-state index is 10.7. The van der Waals surface area contributed by atoms with Crippen LogP contribution in [0.2, 0.25) is 0 Å². The van der Waals surface area contributed by atoms with E-state index in [1.165, 1.54) is 0 Å². The first-order chi connectivity index (χ1) is 3.95. The van der Waals surface area contributed by atoms with Crippen LogP contribution in [0.4, 0.5) is 0 Å². The van der Waals surface area contributed by atoms with Gasteiger partial charge in [-0.25, -0.2) is 4.21 Å². The molecule has 0 radical (unpaired) electrons. The molecule has 2 nitrogen and oxygen atoms in total. The lowest BCUT2D eigenvalue weighted by atomic mass is 10.2. The van der Waals surface area contributed by atoms with Crippen LogP contribution in [-0.2, 0) is 15.3 Å². The third-order valence-electron chi connectivity index (χ3n) is 0.579. The summed E-state index contributed by atoms with van der Waals surface area (Å²) in [5.74, 6) is 0.567. The van der Waals surface area contributed by atoms with Crippen LogP contribution in [0.15, 0.2) is 0 Å². The number of rotatable bonds is 2. The molecule has 0 aliphatic carbocycles. The van der Waals surface area contributed by atoms with Gasteiger partial charge in [-0.2, -0.15) is 0 Å². The van der Waals surface area contributed by atoms with Crippen molar-refractivity contribution in [1.29, 1.82) is 0 Å². The molecule has 0 aliphatic heterocycles. The summed E-state index contributed by atoms with van der Waals surface area (Å²) in [6.45, 7) is 7.50. The maximum atomic E-state index is 10.7. The van der Waals surface area contributed by atoms with Crippen LogP contribution < -0.4 is 0 Å². The fraction of sp³-hybridized carbons (Fsp3) is 1.00. The van der Waals surface area contributed by atoms with Crippen LogP contribution in [0.3, 0.4) is 0 Å². The Labute approximate surface area is 59.3 Å². The summed E-state index contributed by atoms with van der Waals surface area (Å²) in [5, 5.41) is 0. The third-order valence-corrected chi connectivity index (χ3v) is 1.74. The van der Waals surface area contributed by atoms with Gasteiger partial charge in [0.1, 0.15) is 0 Å². The average Bonchev–Trinajstić information content (AvgIpc) is 1.62. The lowest BCUT2D eigenvalue weighted by Gasteiger charge is -2.16. The highest BCUT2D eigenvalue weighted by Crippen LogP contribution is 2.08. The van der Waals surface area contributed by atoms with Gasteiger partial charge in [0.25, 0.3) is 0 Å². The molecule has 0 aromatic carbocycles. The summed E-state index contributed by atoms with van der Waals surface area (Å²) in [6, 6.07) is 0. The second kappa shape index (κ2) is 3.32. The smallest absolute Gasteiger partial charge is 0.155 e. The predicted octanol–water partition coefficient (Wildman–Crippen LogP) is 1.49. The van der Waals surface area contributed by atoms with Gasteiger partial charge in [-0.1, -0.05) is 6.92 Å². The van der Waals surface area contributed by atoms with E-state index in [1.54, 1.807) is 0 Å². The van der Waals surface area contributed by atoms with Gasteiger partial charge >= 0.3 is 0 Å². The van der Waals surface area contributed by atoms with Crippen LogP contribution in [0.1, 0.15) is 27.7 Å². The first kappa shape index (κ1) is 9.11. The Morgan fingerprint density at radius 2 is 1.89 bits per heavy atom. The Kier molecular flexibility index (Phi) is 3.36. The van der Waals surface area contributed by atoms with E-state index in [9.17, 15) is 4.21 Å². The standard InChI is InChI=1S/C6H14O2S/c1-5-9(7)8-6(2,3)4/h5H2,1-4H3. The summed E-state index contributed by atoms with van der Waals surface area (Å²) in [5.41, 5.74) is -0.277. The van der Waals surface area contributed by atoms with E-state index >= 15 is 0 Å². The zero-order chi connectivity index (χ0) is 7.49. The van der Waals surface area contributed by atoms with Crippen molar-refractivity contribution in [1.82, 2.24) is 0 Å². The van der Waals surface area contributed by atoms with Gasteiger partial charge in [0, 0.05) is 5.75 Å². The minimum Gasteiger partial charge on any atom is -0.285 e. The first-order valence-electron chi connectivity index (χ1n) is 3.03. The molecule has 0 saturated heterocycles. The molecule has 0 heterocycles. The molecule has 0 amide bonds. The quantitative estimate of drug-likeness (QED) is 0.596. The topological polar surface area (TPSA) is 26.3 Å². The minimum atomic E-state index is -1.10. The number of hydrogen-bond acceptors (Lipinski definition) is 2. The van der Waals surface area contributed by atoms with Gasteiger partial charge in [-0.15, -0.1) is 0 Å². The molecular weight excluding hydrogens is 136 g/mol. The normalized spacial score (nSPS) is 15.6. The molecule has 3 heteroatoms. The van der Waals surface area contributed by atoms with Gasteiger partial charge in [-0.3, -0.25) is 4.18 Å². The van der Waals surface area contributed by atoms with Crippen LogP contribution in [0.25, 0.3) is 0 Å². The summed E-state index contributed by atoms with van der Waals surface area (Å²) >= 11 is -1.10. The fourth-order valence-electron chi connectivity index (χ4n) is 0.338. The highest BCUT2D eigenvalue weighted by atomic mass is 32.2.